The van der Waals surface area contributed by atoms with E-state index in [0.717, 1.165) is 26.2 Å². The van der Waals surface area contributed by atoms with Crippen LogP contribution in [0.2, 0.25) is 5.02 Å². The Morgan fingerprint density at radius 3 is 2.84 bits per heavy atom. The quantitative estimate of drug-likeness (QED) is 0.725. The molecule has 1 amide bonds. The Morgan fingerprint density at radius 2 is 2.08 bits per heavy atom. The first-order valence-corrected chi connectivity index (χ1v) is 9.04. The molecular formula is C18H18ClN3O2S. The van der Waals surface area contributed by atoms with Gasteiger partial charge in [0.25, 0.3) is 5.91 Å². The first kappa shape index (κ1) is 17.6. The molecule has 0 aliphatic heterocycles. The Balaban J connectivity index is 1.68. The average Bonchev–Trinajstić information content (AvgIpc) is 2.88. The Labute approximate surface area is 155 Å². The summed E-state index contributed by atoms with van der Waals surface area (Å²) in [6.45, 7) is 5.80. The zero-order chi connectivity index (χ0) is 18.0. The number of thiophene rings is 1. The number of nitrogens with zero attached hydrogens (tertiary/aromatic N) is 2. The molecule has 0 bridgehead atoms. The fourth-order valence-electron chi connectivity index (χ4n) is 2.58. The lowest BCUT2D eigenvalue weighted by molar-refractivity contribution is -0.123. The minimum Gasteiger partial charge on any atom is -0.467 e. The van der Waals surface area contributed by atoms with Gasteiger partial charge in [0, 0.05) is 9.90 Å². The van der Waals surface area contributed by atoms with Crippen molar-refractivity contribution in [1.29, 1.82) is 0 Å². The van der Waals surface area contributed by atoms with Gasteiger partial charge in [-0.3, -0.25) is 4.79 Å². The second-order valence-corrected chi connectivity index (χ2v) is 7.35. The molecule has 5 nitrogen and oxygen atoms in total. The third-order valence-electron chi connectivity index (χ3n) is 4.02. The molecule has 0 saturated carbocycles. The third kappa shape index (κ3) is 3.75. The second-order valence-electron chi connectivity index (χ2n) is 5.74. The third-order valence-corrected chi connectivity index (χ3v) is 5.48. The van der Waals surface area contributed by atoms with Crippen molar-refractivity contribution < 1.29 is 9.53 Å². The van der Waals surface area contributed by atoms with Crippen molar-refractivity contribution in [2.24, 2.45) is 0 Å². The fraction of sp³-hybridized carbons (Fsp3) is 0.278. The number of hydrogen-bond donors (Lipinski definition) is 1. The van der Waals surface area contributed by atoms with Crippen molar-refractivity contribution in [3.05, 3.63) is 51.6 Å². The predicted molar refractivity (Wildman–Crippen MR) is 100 cm³/mol. The second kappa shape index (κ2) is 7.37. The molecule has 0 saturated heterocycles. The lowest BCUT2D eigenvalue weighted by Gasteiger charge is -2.16. The number of rotatable bonds is 5. The van der Waals surface area contributed by atoms with E-state index in [4.69, 9.17) is 16.3 Å². The van der Waals surface area contributed by atoms with Crippen molar-refractivity contribution >= 4 is 39.1 Å². The molecule has 0 aliphatic carbocycles. The fourth-order valence-corrected chi connectivity index (χ4v) is 3.87. The van der Waals surface area contributed by atoms with E-state index in [1.165, 1.54) is 6.33 Å². The summed E-state index contributed by atoms with van der Waals surface area (Å²) in [6.07, 6.45) is 1.46. The van der Waals surface area contributed by atoms with Crippen LogP contribution in [-0.4, -0.2) is 22.5 Å². The molecule has 3 aromatic rings. The number of amides is 1. The predicted octanol–water partition coefficient (Wildman–Crippen LogP) is 4.22. The van der Waals surface area contributed by atoms with E-state index in [1.807, 2.05) is 39.0 Å². The minimum absolute atomic E-state index is 0.116. The minimum atomic E-state index is -0.233. The Bertz CT molecular complexity index is 926. The summed E-state index contributed by atoms with van der Waals surface area (Å²) in [5.41, 5.74) is 1.95. The van der Waals surface area contributed by atoms with Crippen LogP contribution in [0.1, 0.15) is 29.0 Å². The van der Waals surface area contributed by atoms with Gasteiger partial charge in [0.1, 0.15) is 11.2 Å². The number of aromatic nitrogens is 2. The van der Waals surface area contributed by atoms with Crippen molar-refractivity contribution in [2.45, 2.75) is 26.8 Å². The molecule has 0 unspecified atom stereocenters. The van der Waals surface area contributed by atoms with Gasteiger partial charge in [0.15, 0.2) is 6.61 Å². The number of fused-ring (bicyclic) bond motifs is 1. The normalized spacial score (nSPS) is 12.2. The number of halogens is 1. The molecule has 130 valence electrons. The van der Waals surface area contributed by atoms with Gasteiger partial charge in [-0.05, 0) is 38.0 Å². The molecule has 2 aromatic heterocycles. The molecule has 0 radical (unpaired) electrons. The summed E-state index contributed by atoms with van der Waals surface area (Å²) in [5.74, 6) is 0.205. The van der Waals surface area contributed by atoms with Crippen LogP contribution in [0.4, 0.5) is 0 Å². The van der Waals surface area contributed by atoms with Crippen LogP contribution in [0.3, 0.4) is 0 Å². The number of aryl methyl sites for hydroxylation is 2. The van der Waals surface area contributed by atoms with Crippen LogP contribution in [-0.2, 0) is 4.79 Å². The summed E-state index contributed by atoms with van der Waals surface area (Å²) in [6, 6.07) is 7.23. The first-order chi connectivity index (χ1) is 12.0. The molecule has 3 rings (SSSR count). The van der Waals surface area contributed by atoms with Gasteiger partial charge in [-0.25, -0.2) is 9.97 Å². The highest BCUT2D eigenvalue weighted by atomic mass is 35.5. The van der Waals surface area contributed by atoms with Gasteiger partial charge in [0.2, 0.25) is 5.88 Å². The molecule has 1 aromatic carbocycles. The maximum atomic E-state index is 12.2. The van der Waals surface area contributed by atoms with E-state index in [2.05, 4.69) is 15.3 Å². The van der Waals surface area contributed by atoms with Gasteiger partial charge in [-0.1, -0.05) is 29.8 Å². The number of hydrogen-bond acceptors (Lipinski definition) is 5. The smallest absolute Gasteiger partial charge is 0.258 e. The van der Waals surface area contributed by atoms with Crippen molar-refractivity contribution in [3.63, 3.8) is 0 Å². The number of carbonyl (C=O) groups is 1. The van der Waals surface area contributed by atoms with Gasteiger partial charge in [0.05, 0.1) is 11.4 Å². The molecule has 0 aliphatic rings. The molecular weight excluding hydrogens is 358 g/mol. The van der Waals surface area contributed by atoms with Gasteiger partial charge >= 0.3 is 0 Å². The first-order valence-electron chi connectivity index (χ1n) is 7.84. The summed E-state index contributed by atoms with van der Waals surface area (Å²) in [7, 11) is 0. The van der Waals surface area contributed by atoms with E-state index in [9.17, 15) is 4.79 Å². The number of ether oxygens (including phenoxy) is 1. The van der Waals surface area contributed by atoms with Gasteiger partial charge in [-0.15, -0.1) is 11.3 Å². The van der Waals surface area contributed by atoms with E-state index in [-0.39, 0.29) is 18.6 Å². The van der Waals surface area contributed by atoms with Crippen LogP contribution in [0.5, 0.6) is 5.88 Å². The Hall–Kier alpha value is -2.18. The van der Waals surface area contributed by atoms with Crippen molar-refractivity contribution in [1.82, 2.24) is 15.3 Å². The average molecular weight is 376 g/mol. The molecule has 1 atom stereocenters. The maximum absolute atomic E-state index is 12.2. The number of carbonyl (C=O) groups excluding carboxylic acids is 1. The highest BCUT2D eigenvalue weighted by molar-refractivity contribution is 7.18. The van der Waals surface area contributed by atoms with E-state index >= 15 is 0 Å². The van der Waals surface area contributed by atoms with Crippen molar-refractivity contribution in [2.75, 3.05) is 6.61 Å². The van der Waals surface area contributed by atoms with Crippen LogP contribution in [0.25, 0.3) is 10.2 Å². The molecule has 0 fully saturated rings. The molecule has 1 N–H and O–H groups in total. The summed E-state index contributed by atoms with van der Waals surface area (Å²) in [4.78, 5) is 22.7. The van der Waals surface area contributed by atoms with Gasteiger partial charge < -0.3 is 10.1 Å². The van der Waals surface area contributed by atoms with E-state index in [0.29, 0.717) is 10.9 Å². The van der Waals surface area contributed by atoms with Crippen LogP contribution >= 0.6 is 22.9 Å². The topological polar surface area (TPSA) is 64.1 Å². The van der Waals surface area contributed by atoms with Crippen LogP contribution in [0, 0.1) is 13.8 Å². The standard InChI is InChI=1S/C18H18ClN3O2S/c1-10-12(3)25-18-16(10)17(20-9-21-18)24-8-15(23)22-11(2)13-6-4-5-7-14(13)19/h4-7,9,11H,8H2,1-3H3,(H,22,23)/t11-/m0/s1. The highest BCUT2D eigenvalue weighted by Crippen LogP contribution is 2.33. The molecule has 0 spiro atoms. The zero-order valence-corrected chi connectivity index (χ0v) is 15.7. The van der Waals surface area contributed by atoms with E-state index < -0.39 is 0 Å². The SMILES string of the molecule is Cc1sc2ncnc(OCC(=O)N[C@@H](C)c3ccccc3Cl)c2c1C. The zero-order valence-electron chi connectivity index (χ0n) is 14.2. The number of benzene rings is 1. The van der Waals surface area contributed by atoms with Crippen LogP contribution < -0.4 is 10.1 Å². The molecule has 25 heavy (non-hydrogen) atoms. The Morgan fingerprint density at radius 1 is 1.32 bits per heavy atom. The van der Waals surface area contributed by atoms with Gasteiger partial charge in [-0.2, -0.15) is 0 Å². The van der Waals surface area contributed by atoms with Crippen LogP contribution in [0.15, 0.2) is 30.6 Å². The summed E-state index contributed by atoms with van der Waals surface area (Å²) in [5, 5.41) is 4.38. The lowest BCUT2D eigenvalue weighted by Crippen LogP contribution is -2.31. The maximum Gasteiger partial charge on any atom is 0.258 e. The molecule has 7 heteroatoms. The highest BCUT2D eigenvalue weighted by Gasteiger charge is 2.16. The lowest BCUT2D eigenvalue weighted by atomic mass is 10.1. The Kier molecular flexibility index (Phi) is 5.20. The van der Waals surface area contributed by atoms with E-state index in [1.54, 1.807) is 17.4 Å². The number of nitrogens with one attached hydrogen (secondary N) is 1. The largest absolute Gasteiger partial charge is 0.467 e. The monoisotopic (exact) mass is 375 g/mol. The summed E-state index contributed by atoms with van der Waals surface area (Å²) >= 11 is 7.75. The van der Waals surface area contributed by atoms with Crippen molar-refractivity contribution in [3.8, 4) is 5.88 Å². The molecule has 2 heterocycles. The summed E-state index contributed by atoms with van der Waals surface area (Å²) < 4.78 is 5.65.